The number of likely N-dealkylation sites (tertiary alicyclic amines) is 1. The zero-order chi connectivity index (χ0) is 24.0. The first-order chi connectivity index (χ1) is 15.6. The van der Waals surface area contributed by atoms with Gasteiger partial charge in [0.2, 0.25) is 0 Å². The summed E-state index contributed by atoms with van der Waals surface area (Å²) in [5.74, 6) is 0.0324. The SMILES string of the molecule is CC(C)CN1CCC(NC(=O)Nc2ccc(NC(=O)c3ccccc3)cc2C(F)(F)F)CC1. The number of alkyl halides is 3. The Morgan fingerprint density at radius 3 is 2.30 bits per heavy atom. The molecule has 6 nitrogen and oxygen atoms in total. The van der Waals surface area contributed by atoms with Crippen LogP contribution in [0.15, 0.2) is 48.5 Å². The predicted molar refractivity (Wildman–Crippen MR) is 122 cm³/mol. The summed E-state index contributed by atoms with van der Waals surface area (Å²) in [5, 5.41) is 7.56. The van der Waals surface area contributed by atoms with E-state index in [2.05, 4.69) is 34.7 Å². The van der Waals surface area contributed by atoms with Gasteiger partial charge in [0.05, 0.1) is 11.3 Å². The molecule has 3 amide bonds. The Labute approximate surface area is 191 Å². The van der Waals surface area contributed by atoms with E-state index in [1.165, 1.54) is 6.07 Å². The molecule has 0 atom stereocenters. The fraction of sp³-hybridized carbons (Fsp3) is 0.417. The van der Waals surface area contributed by atoms with E-state index in [9.17, 15) is 22.8 Å². The molecule has 3 N–H and O–H groups in total. The Morgan fingerprint density at radius 1 is 1.03 bits per heavy atom. The fourth-order valence-electron chi connectivity index (χ4n) is 3.88. The molecule has 0 radical (unpaired) electrons. The summed E-state index contributed by atoms with van der Waals surface area (Å²) in [5.41, 5.74) is -1.09. The molecule has 0 spiro atoms. The molecule has 178 valence electrons. The molecule has 1 saturated heterocycles. The minimum atomic E-state index is -4.71. The van der Waals surface area contributed by atoms with E-state index in [0.29, 0.717) is 11.5 Å². The van der Waals surface area contributed by atoms with Gasteiger partial charge in [-0.2, -0.15) is 13.2 Å². The Bertz CT molecular complexity index is 956. The normalized spacial score (nSPS) is 15.3. The first-order valence-electron chi connectivity index (χ1n) is 11.0. The Balaban J connectivity index is 1.64. The first-order valence-corrected chi connectivity index (χ1v) is 11.0. The number of nitrogens with one attached hydrogen (secondary N) is 3. The third-order valence-electron chi connectivity index (χ3n) is 5.41. The van der Waals surface area contributed by atoms with Crippen molar-refractivity contribution in [1.29, 1.82) is 0 Å². The zero-order valence-corrected chi connectivity index (χ0v) is 18.7. The van der Waals surface area contributed by atoms with E-state index < -0.39 is 23.7 Å². The first kappa shape index (κ1) is 24.6. The summed E-state index contributed by atoms with van der Waals surface area (Å²) >= 11 is 0. The fourth-order valence-corrected chi connectivity index (χ4v) is 3.88. The molecule has 33 heavy (non-hydrogen) atoms. The minimum absolute atomic E-state index is 0.0142. The van der Waals surface area contributed by atoms with Crippen LogP contribution in [0.1, 0.15) is 42.6 Å². The number of piperidine rings is 1. The van der Waals surface area contributed by atoms with Crippen molar-refractivity contribution >= 4 is 23.3 Å². The van der Waals surface area contributed by atoms with Gasteiger partial charge in [0.1, 0.15) is 0 Å². The van der Waals surface area contributed by atoms with Crippen molar-refractivity contribution in [3.63, 3.8) is 0 Å². The monoisotopic (exact) mass is 462 g/mol. The van der Waals surface area contributed by atoms with Gasteiger partial charge in [-0.15, -0.1) is 0 Å². The van der Waals surface area contributed by atoms with Crippen LogP contribution >= 0.6 is 0 Å². The summed E-state index contributed by atoms with van der Waals surface area (Å²) < 4.78 is 41.0. The molecular weight excluding hydrogens is 433 g/mol. The molecule has 0 aliphatic carbocycles. The molecule has 0 saturated carbocycles. The van der Waals surface area contributed by atoms with Crippen molar-refractivity contribution in [3.8, 4) is 0 Å². The van der Waals surface area contributed by atoms with Gasteiger partial charge in [-0.05, 0) is 49.1 Å². The molecule has 0 aromatic heterocycles. The molecule has 0 bridgehead atoms. The number of urea groups is 1. The van der Waals surface area contributed by atoms with Crippen molar-refractivity contribution < 1.29 is 22.8 Å². The lowest BCUT2D eigenvalue weighted by Gasteiger charge is -2.33. The molecule has 0 unspecified atom stereocenters. The van der Waals surface area contributed by atoms with Crippen molar-refractivity contribution in [3.05, 3.63) is 59.7 Å². The van der Waals surface area contributed by atoms with Gasteiger partial charge in [0.15, 0.2) is 0 Å². The quantitative estimate of drug-likeness (QED) is 0.553. The summed E-state index contributed by atoms with van der Waals surface area (Å²) in [6, 6.07) is 10.7. The lowest BCUT2D eigenvalue weighted by molar-refractivity contribution is -0.136. The maximum absolute atomic E-state index is 13.7. The number of halogens is 3. The zero-order valence-electron chi connectivity index (χ0n) is 18.7. The number of hydrogen-bond acceptors (Lipinski definition) is 3. The summed E-state index contributed by atoms with van der Waals surface area (Å²) in [4.78, 5) is 27.0. The highest BCUT2D eigenvalue weighted by Crippen LogP contribution is 2.36. The van der Waals surface area contributed by atoms with Crippen LogP contribution < -0.4 is 16.0 Å². The van der Waals surface area contributed by atoms with Crippen LogP contribution in [-0.2, 0) is 6.18 Å². The molecule has 1 aliphatic rings. The maximum Gasteiger partial charge on any atom is 0.418 e. The van der Waals surface area contributed by atoms with Crippen molar-refractivity contribution in [2.75, 3.05) is 30.3 Å². The molecule has 1 heterocycles. The van der Waals surface area contributed by atoms with Crippen molar-refractivity contribution in [2.45, 2.75) is 38.9 Å². The number of carbonyl (C=O) groups excluding carboxylic acids is 2. The van der Waals surface area contributed by atoms with E-state index in [1.807, 2.05) is 0 Å². The second-order valence-corrected chi connectivity index (χ2v) is 8.65. The van der Waals surface area contributed by atoms with Gasteiger partial charge < -0.3 is 20.9 Å². The van der Waals surface area contributed by atoms with Gasteiger partial charge >= 0.3 is 12.2 Å². The van der Waals surface area contributed by atoms with E-state index >= 15 is 0 Å². The Kier molecular flexibility index (Phi) is 7.97. The van der Waals surface area contributed by atoms with E-state index in [0.717, 1.165) is 44.6 Å². The van der Waals surface area contributed by atoms with Crippen LogP contribution in [0.25, 0.3) is 0 Å². The number of benzene rings is 2. The van der Waals surface area contributed by atoms with Gasteiger partial charge in [-0.25, -0.2) is 4.79 Å². The van der Waals surface area contributed by atoms with Crippen LogP contribution in [0.3, 0.4) is 0 Å². The topological polar surface area (TPSA) is 73.5 Å². The Hall–Kier alpha value is -3.07. The highest BCUT2D eigenvalue weighted by Gasteiger charge is 2.34. The van der Waals surface area contributed by atoms with Crippen LogP contribution in [0, 0.1) is 5.92 Å². The molecule has 3 rings (SSSR count). The van der Waals surface area contributed by atoms with E-state index in [1.54, 1.807) is 30.3 Å². The molecule has 1 aliphatic heterocycles. The minimum Gasteiger partial charge on any atom is -0.335 e. The summed E-state index contributed by atoms with van der Waals surface area (Å²) in [6.07, 6.45) is -3.22. The van der Waals surface area contributed by atoms with Crippen molar-refractivity contribution in [2.24, 2.45) is 5.92 Å². The number of carbonyl (C=O) groups is 2. The van der Waals surface area contributed by atoms with Crippen LogP contribution in [0.2, 0.25) is 0 Å². The smallest absolute Gasteiger partial charge is 0.335 e. The van der Waals surface area contributed by atoms with Crippen LogP contribution in [0.5, 0.6) is 0 Å². The van der Waals surface area contributed by atoms with Crippen LogP contribution in [0.4, 0.5) is 29.3 Å². The van der Waals surface area contributed by atoms with E-state index in [4.69, 9.17) is 0 Å². The summed E-state index contributed by atoms with van der Waals surface area (Å²) in [7, 11) is 0. The number of hydrogen-bond donors (Lipinski definition) is 3. The molecular formula is C24H29F3N4O2. The lowest BCUT2D eigenvalue weighted by atomic mass is 10.0. The standard InChI is InChI=1S/C24H29F3N4O2/c1-16(2)15-31-12-10-18(11-13-31)29-23(33)30-21-9-8-19(14-20(21)24(25,26)27)28-22(32)17-6-4-3-5-7-17/h3-9,14,16,18H,10-13,15H2,1-2H3,(H,28,32)(H2,29,30,33). The number of amides is 3. The van der Waals surface area contributed by atoms with Crippen LogP contribution in [-0.4, -0.2) is 42.5 Å². The Morgan fingerprint density at radius 2 is 1.70 bits per heavy atom. The lowest BCUT2D eigenvalue weighted by Crippen LogP contribution is -2.46. The number of rotatable bonds is 6. The highest BCUT2D eigenvalue weighted by atomic mass is 19.4. The third kappa shape index (κ3) is 7.21. The second-order valence-electron chi connectivity index (χ2n) is 8.65. The van der Waals surface area contributed by atoms with Gasteiger partial charge in [-0.3, -0.25) is 4.79 Å². The average Bonchev–Trinajstić information content (AvgIpc) is 2.75. The molecule has 2 aromatic carbocycles. The van der Waals surface area contributed by atoms with Gasteiger partial charge in [0.25, 0.3) is 5.91 Å². The average molecular weight is 463 g/mol. The molecule has 9 heteroatoms. The highest BCUT2D eigenvalue weighted by molar-refractivity contribution is 6.04. The molecule has 1 fully saturated rings. The molecule has 2 aromatic rings. The number of nitrogens with zero attached hydrogens (tertiary/aromatic N) is 1. The van der Waals surface area contributed by atoms with Gasteiger partial charge in [-0.1, -0.05) is 32.0 Å². The number of anilines is 2. The van der Waals surface area contributed by atoms with E-state index in [-0.39, 0.29) is 17.4 Å². The maximum atomic E-state index is 13.7. The summed E-state index contributed by atoms with van der Waals surface area (Å²) in [6.45, 7) is 6.96. The third-order valence-corrected chi connectivity index (χ3v) is 5.41. The van der Waals surface area contributed by atoms with Gasteiger partial charge in [0, 0.05) is 36.9 Å². The van der Waals surface area contributed by atoms with Crippen molar-refractivity contribution in [1.82, 2.24) is 10.2 Å². The largest absolute Gasteiger partial charge is 0.418 e. The predicted octanol–water partition coefficient (Wildman–Crippen LogP) is 5.20. The second kappa shape index (κ2) is 10.7.